The molecule has 1 heterocycles. The summed E-state index contributed by atoms with van der Waals surface area (Å²) in [6.45, 7) is 1.79. The molecule has 0 bridgehead atoms. The van der Waals surface area contributed by atoms with Gasteiger partial charge in [-0.1, -0.05) is 11.3 Å². The maximum Gasteiger partial charge on any atom is 0.172 e. The first-order chi connectivity index (χ1) is 7.76. The fraction of sp³-hybridized carbons (Fsp3) is 0.182. The van der Waals surface area contributed by atoms with Gasteiger partial charge in [0.05, 0.1) is 18.5 Å². The van der Waals surface area contributed by atoms with Crippen molar-refractivity contribution < 1.29 is 9.53 Å². The smallest absolute Gasteiger partial charge is 0.172 e. The number of hydrogen-bond donors (Lipinski definition) is 0. The van der Waals surface area contributed by atoms with Crippen molar-refractivity contribution in [2.45, 2.75) is 6.92 Å². The number of hydrogen-bond acceptors (Lipinski definition) is 4. The maximum atomic E-state index is 10.7. The van der Waals surface area contributed by atoms with Crippen LogP contribution >= 0.6 is 0 Å². The monoisotopic (exact) mass is 217 g/mol. The van der Waals surface area contributed by atoms with E-state index in [1.165, 1.54) is 0 Å². The van der Waals surface area contributed by atoms with Gasteiger partial charge in [-0.05, 0) is 19.1 Å². The maximum absolute atomic E-state index is 10.7. The number of benzene rings is 1. The summed E-state index contributed by atoms with van der Waals surface area (Å²) in [5.74, 6) is 0.736. The van der Waals surface area contributed by atoms with Crippen LogP contribution in [0.1, 0.15) is 16.2 Å². The van der Waals surface area contributed by atoms with Crippen LogP contribution in [0.3, 0.4) is 0 Å². The Kier molecular flexibility index (Phi) is 2.68. The van der Waals surface area contributed by atoms with E-state index in [1.54, 1.807) is 18.7 Å². The molecule has 82 valence electrons. The summed E-state index contributed by atoms with van der Waals surface area (Å²) in [5, 5.41) is 7.68. The first-order valence-corrected chi connectivity index (χ1v) is 4.78. The van der Waals surface area contributed by atoms with E-state index in [2.05, 4.69) is 10.3 Å². The van der Waals surface area contributed by atoms with Crippen molar-refractivity contribution in [1.82, 2.24) is 15.0 Å². The van der Waals surface area contributed by atoms with E-state index in [4.69, 9.17) is 4.74 Å². The van der Waals surface area contributed by atoms with Gasteiger partial charge in [0.25, 0.3) is 0 Å². The van der Waals surface area contributed by atoms with Gasteiger partial charge in [0, 0.05) is 6.07 Å². The van der Waals surface area contributed by atoms with Gasteiger partial charge in [0.1, 0.15) is 11.4 Å². The molecule has 1 aromatic heterocycles. The first kappa shape index (κ1) is 10.4. The number of nitrogens with zero attached hydrogens (tertiary/aromatic N) is 3. The van der Waals surface area contributed by atoms with Gasteiger partial charge in [0.15, 0.2) is 6.29 Å². The Morgan fingerprint density at radius 1 is 1.44 bits per heavy atom. The summed E-state index contributed by atoms with van der Waals surface area (Å²) in [6.07, 6.45) is 0.693. The fourth-order valence-electron chi connectivity index (χ4n) is 1.44. The number of carbonyl (C=O) groups excluding carboxylic acids is 1. The highest BCUT2D eigenvalue weighted by atomic mass is 16.5. The Morgan fingerprint density at radius 3 is 2.88 bits per heavy atom. The van der Waals surface area contributed by atoms with Crippen LogP contribution in [-0.2, 0) is 0 Å². The minimum Gasteiger partial charge on any atom is -0.497 e. The van der Waals surface area contributed by atoms with Crippen molar-refractivity contribution in [3.05, 3.63) is 35.7 Å². The Hall–Kier alpha value is -2.17. The van der Waals surface area contributed by atoms with Gasteiger partial charge in [-0.2, -0.15) is 0 Å². The zero-order valence-electron chi connectivity index (χ0n) is 9.04. The lowest BCUT2D eigenvalue weighted by molar-refractivity contribution is 0.111. The third-order valence-electron chi connectivity index (χ3n) is 2.34. The number of aldehydes is 1. The number of aromatic nitrogens is 3. The number of carbonyl (C=O) groups is 1. The van der Waals surface area contributed by atoms with Crippen molar-refractivity contribution in [3.8, 4) is 11.4 Å². The Morgan fingerprint density at radius 2 is 2.25 bits per heavy atom. The van der Waals surface area contributed by atoms with Crippen LogP contribution in [0.4, 0.5) is 0 Å². The molecule has 0 amide bonds. The third-order valence-corrected chi connectivity index (χ3v) is 2.34. The normalized spacial score (nSPS) is 10.1. The zero-order valence-corrected chi connectivity index (χ0v) is 9.04. The standard InChI is InChI=1S/C11H11N3O2/c1-8-11(7-15)12-13-14(8)9-4-3-5-10(6-9)16-2/h3-7H,1-2H3. The molecule has 2 rings (SSSR count). The molecule has 0 atom stereocenters. The summed E-state index contributed by atoms with van der Waals surface area (Å²) in [6, 6.07) is 7.40. The molecule has 5 heteroatoms. The molecule has 0 spiro atoms. The highest BCUT2D eigenvalue weighted by molar-refractivity contribution is 5.73. The molecular weight excluding hydrogens is 206 g/mol. The molecule has 0 fully saturated rings. The number of ether oxygens (including phenoxy) is 1. The molecule has 0 radical (unpaired) electrons. The molecule has 0 aliphatic carbocycles. The van der Waals surface area contributed by atoms with Gasteiger partial charge in [-0.15, -0.1) is 5.10 Å². The van der Waals surface area contributed by atoms with E-state index >= 15 is 0 Å². The Balaban J connectivity index is 2.49. The van der Waals surface area contributed by atoms with Crippen LogP contribution in [0.15, 0.2) is 24.3 Å². The Labute approximate surface area is 92.7 Å². The van der Waals surface area contributed by atoms with Crippen molar-refractivity contribution in [3.63, 3.8) is 0 Å². The van der Waals surface area contributed by atoms with E-state index in [0.717, 1.165) is 11.4 Å². The second-order valence-electron chi connectivity index (χ2n) is 3.29. The molecular formula is C11H11N3O2. The Bertz CT molecular complexity index is 520. The first-order valence-electron chi connectivity index (χ1n) is 4.78. The van der Waals surface area contributed by atoms with E-state index in [9.17, 15) is 4.79 Å². The highest BCUT2D eigenvalue weighted by Gasteiger charge is 2.09. The van der Waals surface area contributed by atoms with E-state index < -0.39 is 0 Å². The lowest BCUT2D eigenvalue weighted by Gasteiger charge is -2.05. The summed E-state index contributed by atoms with van der Waals surface area (Å²) < 4.78 is 6.72. The molecule has 5 nitrogen and oxygen atoms in total. The van der Waals surface area contributed by atoms with Crippen LogP contribution in [0, 0.1) is 6.92 Å². The van der Waals surface area contributed by atoms with Gasteiger partial charge in [0.2, 0.25) is 0 Å². The zero-order chi connectivity index (χ0) is 11.5. The van der Waals surface area contributed by atoms with Crippen LogP contribution < -0.4 is 4.74 Å². The molecule has 0 N–H and O–H groups in total. The second-order valence-corrected chi connectivity index (χ2v) is 3.29. The lowest BCUT2D eigenvalue weighted by atomic mass is 10.3. The summed E-state index contributed by atoms with van der Waals surface area (Å²) in [7, 11) is 1.60. The van der Waals surface area contributed by atoms with Gasteiger partial charge >= 0.3 is 0 Å². The topological polar surface area (TPSA) is 57.0 Å². The van der Waals surface area contributed by atoms with E-state index in [1.807, 2.05) is 24.3 Å². The summed E-state index contributed by atoms with van der Waals surface area (Å²) in [5.41, 5.74) is 1.88. The minimum atomic E-state index is 0.350. The minimum absolute atomic E-state index is 0.350. The molecule has 0 saturated heterocycles. The molecule has 0 unspecified atom stereocenters. The second kappa shape index (κ2) is 4.14. The lowest BCUT2D eigenvalue weighted by Crippen LogP contribution is -1.99. The van der Waals surface area contributed by atoms with Gasteiger partial charge < -0.3 is 4.74 Å². The predicted molar refractivity (Wildman–Crippen MR) is 58.0 cm³/mol. The van der Waals surface area contributed by atoms with Crippen molar-refractivity contribution in [2.24, 2.45) is 0 Å². The van der Waals surface area contributed by atoms with Gasteiger partial charge in [-0.3, -0.25) is 4.79 Å². The van der Waals surface area contributed by atoms with Crippen LogP contribution in [0.25, 0.3) is 5.69 Å². The third kappa shape index (κ3) is 1.67. The fourth-order valence-corrected chi connectivity index (χ4v) is 1.44. The number of rotatable bonds is 3. The van der Waals surface area contributed by atoms with Crippen LogP contribution in [-0.4, -0.2) is 28.4 Å². The van der Waals surface area contributed by atoms with Crippen molar-refractivity contribution >= 4 is 6.29 Å². The van der Waals surface area contributed by atoms with E-state index in [-0.39, 0.29) is 0 Å². The predicted octanol–water partition coefficient (Wildman–Crippen LogP) is 1.40. The molecule has 1 aromatic carbocycles. The van der Waals surface area contributed by atoms with Crippen molar-refractivity contribution in [2.75, 3.05) is 7.11 Å². The number of methoxy groups -OCH3 is 1. The van der Waals surface area contributed by atoms with Crippen molar-refractivity contribution in [1.29, 1.82) is 0 Å². The summed E-state index contributed by atoms with van der Waals surface area (Å²) >= 11 is 0. The average molecular weight is 217 g/mol. The quantitative estimate of drug-likeness (QED) is 0.729. The largest absolute Gasteiger partial charge is 0.497 e. The van der Waals surface area contributed by atoms with Gasteiger partial charge in [-0.25, -0.2) is 4.68 Å². The molecule has 0 saturated carbocycles. The highest BCUT2D eigenvalue weighted by Crippen LogP contribution is 2.17. The average Bonchev–Trinajstić information content (AvgIpc) is 2.70. The SMILES string of the molecule is COc1cccc(-n2nnc(C=O)c2C)c1. The molecule has 16 heavy (non-hydrogen) atoms. The van der Waals surface area contributed by atoms with Crippen LogP contribution in [0.2, 0.25) is 0 Å². The molecule has 2 aromatic rings. The summed E-state index contributed by atoms with van der Waals surface area (Å²) in [4.78, 5) is 10.7. The molecule has 0 aliphatic heterocycles. The molecule has 0 aliphatic rings. The van der Waals surface area contributed by atoms with Crippen LogP contribution in [0.5, 0.6) is 5.75 Å². The van der Waals surface area contributed by atoms with E-state index in [0.29, 0.717) is 17.7 Å².